The lowest BCUT2D eigenvalue weighted by Gasteiger charge is -2.32. The fourth-order valence-corrected chi connectivity index (χ4v) is 1.94. The molecule has 0 atom stereocenters. The second kappa shape index (κ2) is 4.53. The van der Waals surface area contributed by atoms with E-state index in [1.54, 1.807) is 13.0 Å². The maximum atomic E-state index is 12.7. The number of pyridine rings is 1. The highest BCUT2D eigenvalue weighted by Crippen LogP contribution is 2.36. The number of hydrogen-bond donors (Lipinski definition) is 0. The summed E-state index contributed by atoms with van der Waals surface area (Å²) in [6.45, 7) is 9.40. The largest absolute Gasteiger partial charge is 0.496 e. The van der Waals surface area contributed by atoms with Gasteiger partial charge in [-0.3, -0.25) is 4.98 Å². The van der Waals surface area contributed by atoms with E-state index in [9.17, 15) is 8.78 Å². The van der Waals surface area contributed by atoms with Crippen molar-refractivity contribution in [3.05, 3.63) is 23.5 Å². The van der Waals surface area contributed by atoms with E-state index in [4.69, 9.17) is 9.31 Å². The number of halogens is 2. The Morgan fingerprint density at radius 1 is 1.16 bits per heavy atom. The van der Waals surface area contributed by atoms with Gasteiger partial charge in [0.15, 0.2) is 0 Å². The molecule has 0 aromatic carbocycles. The molecule has 19 heavy (non-hydrogen) atoms. The zero-order chi connectivity index (χ0) is 14.4. The average molecular weight is 269 g/mol. The van der Waals surface area contributed by atoms with Crippen molar-refractivity contribution >= 4 is 12.6 Å². The smallest absolute Gasteiger partial charge is 0.399 e. The molecule has 0 aliphatic carbocycles. The first kappa shape index (κ1) is 14.4. The molecular formula is C13H18BF2NO2. The first-order valence-electron chi connectivity index (χ1n) is 6.24. The molecule has 1 aromatic rings. The minimum absolute atomic E-state index is 0.194. The number of rotatable bonds is 2. The fraction of sp³-hybridized carbons (Fsp3) is 0.615. The summed E-state index contributed by atoms with van der Waals surface area (Å²) in [6, 6.07) is 1.65. The molecule has 0 spiro atoms. The summed E-state index contributed by atoms with van der Waals surface area (Å²) in [5, 5.41) is 0. The summed E-state index contributed by atoms with van der Waals surface area (Å²) in [4.78, 5) is 3.81. The third kappa shape index (κ3) is 2.51. The number of alkyl halides is 2. The van der Waals surface area contributed by atoms with Crippen LogP contribution in [-0.2, 0) is 9.31 Å². The lowest BCUT2D eigenvalue weighted by atomic mass is 9.79. The van der Waals surface area contributed by atoms with Gasteiger partial charge in [0.2, 0.25) is 0 Å². The highest BCUT2D eigenvalue weighted by molar-refractivity contribution is 6.62. The molecule has 2 rings (SSSR count). The SMILES string of the molecule is Cc1cc(B2OC(C)(C)C(C)(C)O2)cnc1C(F)F. The Balaban J connectivity index is 2.28. The summed E-state index contributed by atoms with van der Waals surface area (Å²) >= 11 is 0. The van der Waals surface area contributed by atoms with Crippen LogP contribution >= 0.6 is 0 Å². The molecule has 104 valence electrons. The monoisotopic (exact) mass is 269 g/mol. The molecule has 1 aliphatic heterocycles. The summed E-state index contributed by atoms with van der Waals surface area (Å²) < 4.78 is 37.0. The van der Waals surface area contributed by atoms with Crippen molar-refractivity contribution in [2.75, 3.05) is 0 Å². The van der Waals surface area contributed by atoms with Gasteiger partial charge < -0.3 is 9.31 Å². The van der Waals surface area contributed by atoms with Gasteiger partial charge in [-0.15, -0.1) is 0 Å². The molecule has 0 saturated carbocycles. The molecule has 3 nitrogen and oxygen atoms in total. The molecule has 6 heteroatoms. The Hall–Kier alpha value is -1.01. The second-order valence-electron chi connectivity index (χ2n) is 5.86. The Morgan fingerprint density at radius 3 is 2.11 bits per heavy atom. The van der Waals surface area contributed by atoms with E-state index >= 15 is 0 Å². The maximum absolute atomic E-state index is 12.7. The third-order valence-corrected chi connectivity index (χ3v) is 3.87. The van der Waals surface area contributed by atoms with Gasteiger partial charge in [-0.1, -0.05) is 6.07 Å². The van der Waals surface area contributed by atoms with Crippen molar-refractivity contribution in [2.24, 2.45) is 0 Å². The van der Waals surface area contributed by atoms with Crippen LogP contribution in [0.15, 0.2) is 12.3 Å². The normalized spacial score (nSPS) is 21.2. The van der Waals surface area contributed by atoms with Gasteiger partial charge in [0.1, 0.15) is 5.69 Å². The number of aromatic nitrogens is 1. The molecule has 1 aromatic heterocycles. The Bertz CT molecular complexity index is 476. The van der Waals surface area contributed by atoms with E-state index in [-0.39, 0.29) is 5.69 Å². The van der Waals surface area contributed by atoms with Crippen molar-refractivity contribution in [2.45, 2.75) is 52.2 Å². The van der Waals surface area contributed by atoms with Gasteiger partial charge in [0.05, 0.1) is 11.2 Å². The molecule has 0 N–H and O–H groups in total. The van der Waals surface area contributed by atoms with Crippen molar-refractivity contribution in [3.8, 4) is 0 Å². The minimum Gasteiger partial charge on any atom is -0.399 e. The molecular weight excluding hydrogens is 251 g/mol. The first-order valence-corrected chi connectivity index (χ1v) is 6.24. The summed E-state index contributed by atoms with van der Waals surface area (Å²) in [6.07, 6.45) is -1.16. The average Bonchev–Trinajstić information content (AvgIpc) is 2.47. The lowest BCUT2D eigenvalue weighted by molar-refractivity contribution is 0.00578. The highest BCUT2D eigenvalue weighted by atomic mass is 19.3. The number of hydrogen-bond acceptors (Lipinski definition) is 3. The summed E-state index contributed by atoms with van der Waals surface area (Å²) in [5.41, 5.74) is 0.0166. The Labute approximate surface area is 112 Å². The third-order valence-electron chi connectivity index (χ3n) is 3.87. The van der Waals surface area contributed by atoms with Crippen LogP contribution in [0.4, 0.5) is 8.78 Å². The van der Waals surface area contributed by atoms with Crippen LogP contribution in [-0.4, -0.2) is 23.3 Å². The molecule has 1 fully saturated rings. The minimum atomic E-state index is -2.56. The van der Waals surface area contributed by atoms with Crippen LogP contribution in [0.25, 0.3) is 0 Å². The van der Waals surface area contributed by atoms with Crippen molar-refractivity contribution < 1.29 is 18.1 Å². The van der Waals surface area contributed by atoms with Gasteiger partial charge in [-0.25, -0.2) is 8.78 Å². The molecule has 0 amide bonds. The maximum Gasteiger partial charge on any atom is 0.496 e. The van der Waals surface area contributed by atoms with Crippen molar-refractivity contribution in [1.29, 1.82) is 0 Å². The van der Waals surface area contributed by atoms with Gasteiger partial charge in [-0.2, -0.15) is 0 Å². The highest BCUT2D eigenvalue weighted by Gasteiger charge is 2.51. The lowest BCUT2D eigenvalue weighted by Crippen LogP contribution is -2.41. The number of nitrogens with zero attached hydrogens (tertiary/aromatic N) is 1. The van der Waals surface area contributed by atoms with Crippen LogP contribution in [0.1, 0.15) is 45.4 Å². The molecule has 2 heterocycles. The standard InChI is InChI=1S/C13H18BF2NO2/c1-8-6-9(7-17-10(8)11(15)16)14-18-12(2,3)13(4,5)19-14/h6-7,11H,1-5H3. The molecule has 1 aliphatic rings. The van der Waals surface area contributed by atoms with Gasteiger partial charge in [-0.05, 0) is 40.2 Å². The number of aryl methyl sites for hydroxylation is 1. The van der Waals surface area contributed by atoms with Crippen LogP contribution in [0.2, 0.25) is 0 Å². The fourth-order valence-electron chi connectivity index (χ4n) is 1.94. The zero-order valence-corrected chi connectivity index (χ0v) is 11.8. The van der Waals surface area contributed by atoms with E-state index in [2.05, 4.69) is 4.98 Å². The van der Waals surface area contributed by atoms with Gasteiger partial charge in [0, 0.05) is 11.7 Å². The van der Waals surface area contributed by atoms with E-state index < -0.39 is 24.7 Å². The van der Waals surface area contributed by atoms with E-state index in [0.717, 1.165) is 0 Å². The molecule has 0 bridgehead atoms. The Morgan fingerprint density at radius 2 is 1.68 bits per heavy atom. The van der Waals surface area contributed by atoms with Gasteiger partial charge >= 0.3 is 7.12 Å². The second-order valence-corrected chi connectivity index (χ2v) is 5.86. The van der Waals surface area contributed by atoms with E-state index in [0.29, 0.717) is 11.0 Å². The predicted molar refractivity (Wildman–Crippen MR) is 69.6 cm³/mol. The predicted octanol–water partition coefficient (Wildman–Crippen LogP) is 2.63. The summed E-state index contributed by atoms with van der Waals surface area (Å²) in [5.74, 6) is 0. The van der Waals surface area contributed by atoms with E-state index in [1.807, 2.05) is 27.7 Å². The molecule has 0 radical (unpaired) electrons. The Kier molecular flexibility index (Phi) is 3.43. The van der Waals surface area contributed by atoms with Crippen LogP contribution in [0.5, 0.6) is 0 Å². The van der Waals surface area contributed by atoms with E-state index in [1.165, 1.54) is 6.20 Å². The zero-order valence-electron chi connectivity index (χ0n) is 11.8. The summed E-state index contributed by atoms with van der Waals surface area (Å²) in [7, 11) is -0.567. The van der Waals surface area contributed by atoms with Gasteiger partial charge in [0.25, 0.3) is 6.43 Å². The topological polar surface area (TPSA) is 31.4 Å². The quantitative estimate of drug-likeness (QED) is 0.773. The van der Waals surface area contributed by atoms with Crippen molar-refractivity contribution in [1.82, 2.24) is 4.98 Å². The molecule has 0 unspecified atom stereocenters. The molecule has 1 saturated heterocycles. The van der Waals surface area contributed by atoms with Crippen LogP contribution < -0.4 is 5.46 Å². The first-order chi connectivity index (χ1) is 8.64. The van der Waals surface area contributed by atoms with Crippen molar-refractivity contribution in [3.63, 3.8) is 0 Å². The van der Waals surface area contributed by atoms with Crippen LogP contribution in [0.3, 0.4) is 0 Å². The van der Waals surface area contributed by atoms with Crippen LogP contribution in [0, 0.1) is 6.92 Å².